The third-order valence-corrected chi connectivity index (χ3v) is 3.05. The molecule has 0 spiro atoms. The fourth-order valence-corrected chi connectivity index (χ4v) is 2.04. The molecule has 1 aliphatic heterocycles. The number of benzene rings is 1. The van der Waals surface area contributed by atoms with Gasteiger partial charge in [0.25, 0.3) is 0 Å². The van der Waals surface area contributed by atoms with E-state index in [0.717, 1.165) is 26.2 Å². The normalized spacial score (nSPS) is 17.2. The van der Waals surface area contributed by atoms with Crippen LogP contribution in [0.4, 0.5) is 10.1 Å². The number of halogens is 1. The highest BCUT2D eigenvalue weighted by Gasteiger charge is 2.22. The average Bonchev–Trinajstić information content (AvgIpc) is 2.29. The number of anilines is 1. The van der Waals surface area contributed by atoms with Crippen LogP contribution in [0.3, 0.4) is 0 Å². The number of aromatic carboxylic acids is 1. The predicted molar refractivity (Wildman–Crippen MR) is 63.1 cm³/mol. The molecule has 0 aliphatic carbocycles. The Morgan fingerprint density at radius 3 is 2.53 bits per heavy atom. The van der Waals surface area contributed by atoms with Gasteiger partial charge in [-0.3, -0.25) is 0 Å². The van der Waals surface area contributed by atoms with Gasteiger partial charge >= 0.3 is 5.97 Å². The summed E-state index contributed by atoms with van der Waals surface area (Å²) in [5, 5.41) is 9.05. The van der Waals surface area contributed by atoms with E-state index in [9.17, 15) is 9.18 Å². The maximum Gasteiger partial charge on any atom is 0.340 e. The van der Waals surface area contributed by atoms with Gasteiger partial charge in [0, 0.05) is 26.2 Å². The summed E-state index contributed by atoms with van der Waals surface area (Å²) in [5.41, 5.74) is 0.252. The lowest BCUT2D eigenvalue weighted by Gasteiger charge is -2.34. The zero-order valence-electron chi connectivity index (χ0n) is 9.69. The number of hydrogen-bond donors (Lipinski definition) is 1. The molecule has 0 unspecified atom stereocenters. The summed E-state index contributed by atoms with van der Waals surface area (Å²) in [6.45, 7) is 3.16. The van der Waals surface area contributed by atoms with Crippen molar-refractivity contribution >= 4 is 11.7 Å². The van der Waals surface area contributed by atoms with Crippen LogP contribution in [0.1, 0.15) is 10.4 Å². The SMILES string of the molecule is CN1CCN(c2cccc(F)c2C(=O)O)CC1. The summed E-state index contributed by atoms with van der Waals surface area (Å²) < 4.78 is 13.5. The smallest absolute Gasteiger partial charge is 0.340 e. The van der Waals surface area contributed by atoms with Gasteiger partial charge in [-0.2, -0.15) is 0 Å². The van der Waals surface area contributed by atoms with Crippen molar-refractivity contribution < 1.29 is 14.3 Å². The van der Waals surface area contributed by atoms with Gasteiger partial charge in [0.1, 0.15) is 11.4 Å². The lowest BCUT2D eigenvalue weighted by molar-refractivity contribution is 0.0692. The monoisotopic (exact) mass is 238 g/mol. The zero-order valence-corrected chi connectivity index (χ0v) is 9.69. The third-order valence-electron chi connectivity index (χ3n) is 3.05. The van der Waals surface area contributed by atoms with E-state index < -0.39 is 11.8 Å². The first-order chi connectivity index (χ1) is 8.09. The van der Waals surface area contributed by atoms with Crippen LogP contribution in [0, 0.1) is 5.82 Å². The van der Waals surface area contributed by atoms with E-state index in [4.69, 9.17) is 5.11 Å². The Kier molecular flexibility index (Phi) is 3.28. The lowest BCUT2D eigenvalue weighted by Crippen LogP contribution is -2.45. The molecule has 1 aromatic carbocycles. The number of likely N-dealkylation sites (N-methyl/N-ethyl adjacent to an activating group) is 1. The van der Waals surface area contributed by atoms with Crippen molar-refractivity contribution in [3.63, 3.8) is 0 Å². The Hall–Kier alpha value is -1.62. The molecule has 1 aliphatic rings. The predicted octanol–water partition coefficient (Wildman–Crippen LogP) is 1.28. The minimum absolute atomic E-state index is 0.225. The third kappa shape index (κ3) is 2.39. The Labute approximate surface area is 99.3 Å². The van der Waals surface area contributed by atoms with Gasteiger partial charge < -0.3 is 14.9 Å². The van der Waals surface area contributed by atoms with Crippen molar-refractivity contribution in [1.29, 1.82) is 0 Å². The molecule has 4 nitrogen and oxygen atoms in total. The number of nitrogens with zero attached hydrogens (tertiary/aromatic N) is 2. The van der Waals surface area contributed by atoms with Crippen LogP contribution in [0.15, 0.2) is 18.2 Å². The molecular formula is C12H15FN2O2. The minimum atomic E-state index is -1.21. The first kappa shape index (κ1) is 11.9. The second-order valence-electron chi connectivity index (χ2n) is 4.23. The first-order valence-electron chi connectivity index (χ1n) is 5.55. The van der Waals surface area contributed by atoms with Crippen LogP contribution >= 0.6 is 0 Å². The van der Waals surface area contributed by atoms with Gasteiger partial charge in [0.15, 0.2) is 0 Å². The van der Waals surface area contributed by atoms with Crippen molar-refractivity contribution in [3.05, 3.63) is 29.6 Å². The van der Waals surface area contributed by atoms with E-state index in [-0.39, 0.29) is 5.56 Å². The number of hydrogen-bond acceptors (Lipinski definition) is 3. The Morgan fingerprint density at radius 1 is 1.29 bits per heavy atom. The van der Waals surface area contributed by atoms with E-state index >= 15 is 0 Å². The minimum Gasteiger partial charge on any atom is -0.478 e. The number of carboxylic acids is 1. The Balaban J connectivity index is 2.32. The number of rotatable bonds is 2. The fraction of sp³-hybridized carbons (Fsp3) is 0.417. The molecule has 17 heavy (non-hydrogen) atoms. The van der Waals surface area contributed by atoms with Gasteiger partial charge in [0.2, 0.25) is 0 Å². The van der Waals surface area contributed by atoms with E-state index in [2.05, 4.69) is 4.90 Å². The molecule has 0 atom stereocenters. The van der Waals surface area contributed by atoms with Crippen LogP contribution in [0.5, 0.6) is 0 Å². The van der Waals surface area contributed by atoms with E-state index in [1.165, 1.54) is 6.07 Å². The van der Waals surface area contributed by atoms with E-state index in [0.29, 0.717) is 5.69 Å². The largest absolute Gasteiger partial charge is 0.478 e. The summed E-state index contributed by atoms with van der Waals surface area (Å²) in [5.74, 6) is -1.88. The zero-order chi connectivity index (χ0) is 12.4. The molecule has 1 N–H and O–H groups in total. The molecule has 2 rings (SSSR count). The molecule has 5 heteroatoms. The van der Waals surface area contributed by atoms with Crippen LogP contribution in [0.25, 0.3) is 0 Å². The number of carbonyl (C=O) groups is 1. The summed E-state index contributed by atoms with van der Waals surface area (Å²) in [6, 6.07) is 4.40. The van der Waals surface area contributed by atoms with Crippen LogP contribution in [-0.2, 0) is 0 Å². The quantitative estimate of drug-likeness (QED) is 0.842. The first-order valence-corrected chi connectivity index (χ1v) is 5.55. The lowest BCUT2D eigenvalue weighted by atomic mass is 10.1. The average molecular weight is 238 g/mol. The molecule has 0 radical (unpaired) electrons. The second kappa shape index (κ2) is 4.71. The van der Waals surface area contributed by atoms with Crippen LogP contribution in [-0.4, -0.2) is 49.2 Å². The topological polar surface area (TPSA) is 43.8 Å². The summed E-state index contributed by atoms with van der Waals surface area (Å²) >= 11 is 0. The summed E-state index contributed by atoms with van der Waals surface area (Å²) in [7, 11) is 2.01. The van der Waals surface area contributed by atoms with Gasteiger partial charge in [0.05, 0.1) is 5.69 Å². The molecule has 1 aromatic rings. The molecule has 0 aromatic heterocycles. The second-order valence-corrected chi connectivity index (χ2v) is 4.23. The van der Waals surface area contributed by atoms with Crippen LogP contribution < -0.4 is 4.90 Å². The molecule has 0 bridgehead atoms. The Bertz CT molecular complexity index is 429. The van der Waals surface area contributed by atoms with Gasteiger partial charge in [-0.25, -0.2) is 9.18 Å². The Morgan fingerprint density at radius 2 is 1.94 bits per heavy atom. The summed E-state index contributed by atoms with van der Waals surface area (Å²) in [4.78, 5) is 15.2. The number of piperazine rings is 1. The van der Waals surface area contributed by atoms with E-state index in [1.807, 2.05) is 11.9 Å². The van der Waals surface area contributed by atoms with Crippen molar-refractivity contribution in [2.24, 2.45) is 0 Å². The highest BCUT2D eigenvalue weighted by atomic mass is 19.1. The van der Waals surface area contributed by atoms with Gasteiger partial charge in [-0.05, 0) is 19.2 Å². The fourth-order valence-electron chi connectivity index (χ4n) is 2.04. The van der Waals surface area contributed by atoms with E-state index in [1.54, 1.807) is 12.1 Å². The number of carboxylic acid groups (broad SMARTS) is 1. The van der Waals surface area contributed by atoms with Crippen molar-refractivity contribution in [2.45, 2.75) is 0 Å². The maximum atomic E-state index is 13.5. The van der Waals surface area contributed by atoms with Gasteiger partial charge in [-0.15, -0.1) is 0 Å². The molecule has 1 fully saturated rings. The molecule has 1 heterocycles. The molecule has 0 saturated carbocycles. The molecular weight excluding hydrogens is 223 g/mol. The molecule has 92 valence electrons. The van der Waals surface area contributed by atoms with Crippen LogP contribution in [0.2, 0.25) is 0 Å². The molecule has 0 amide bonds. The summed E-state index contributed by atoms with van der Waals surface area (Å²) in [6.07, 6.45) is 0. The standard InChI is InChI=1S/C12H15FN2O2/c1-14-5-7-15(8-6-14)10-4-2-3-9(13)11(10)12(16)17/h2-4H,5-8H2,1H3,(H,16,17). The van der Waals surface area contributed by atoms with Crippen molar-refractivity contribution in [2.75, 3.05) is 38.1 Å². The van der Waals surface area contributed by atoms with Crippen molar-refractivity contribution in [1.82, 2.24) is 4.90 Å². The molecule has 1 saturated heterocycles. The maximum absolute atomic E-state index is 13.5. The highest BCUT2D eigenvalue weighted by Crippen LogP contribution is 2.24. The van der Waals surface area contributed by atoms with Crippen molar-refractivity contribution in [3.8, 4) is 0 Å². The highest BCUT2D eigenvalue weighted by molar-refractivity contribution is 5.94. The van der Waals surface area contributed by atoms with Gasteiger partial charge in [-0.1, -0.05) is 6.07 Å².